The fraction of sp³-hybridized carbons (Fsp3) is 0. The lowest BCUT2D eigenvalue weighted by atomic mass is 10.3. The van der Waals surface area contributed by atoms with Crippen LogP contribution in [0, 0.1) is 0 Å². The van der Waals surface area contributed by atoms with Crippen LogP contribution in [0.3, 0.4) is 0 Å². The number of carbonyl (C=O) groups excluding carboxylic acids is 1. The number of anilines is 1. The average Bonchev–Trinajstić information content (AvgIpc) is 2.32. The lowest BCUT2D eigenvalue weighted by molar-refractivity contribution is 0.102. The molecule has 0 atom stereocenters. The van der Waals surface area contributed by atoms with Crippen molar-refractivity contribution in [2.45, 2.75) is 0 Å². The van der Waals surface area contributed by atoms with Gasteiger partial charge < -0.3 is 5.32 Å². The fourth-order valence-corrected chi connectivity index (χ4v) is 2.11. The number of nitrogens with zero attached hydrogens (tertiary/aromatic N) is 1. The van der Waals surface area contributed by atoms with Crippen LogP contribution in [0.2, 0.25) is 10.0 Å². The van der Waals surface area contributed by atoms with Crippen LogP contribution in [0.15, 0.2) is 41.0 Å². The Bertz CT molecular complexity index is 604. The molecule has 0 aliphatic carbocycles. The highest BCUT2D eigenvalue weighted by atomic mass is 79.9. The van der Waals surface area contributed by atoms with Gasteiger partial charge in [0.1, 0.15) is 10.3 Å². The van der Waals surface area contributed by atoms with Crippen molar-refractivity contribution in [2.75, 3.05) is 5.32 Å². The predicted octanol–water partition coefficient (Wildman–Crippen LogP) is 4.40. The third-order valence-corrected chi connectivity index (χ3v) is 3.12. The van der Waals surface area contributed by atoms with Crippen LogP contribution in [0.5, 0.6) is 0 Å². The Morgan fingerprint density at radius 2 is 2.00 bits per heavy atom. The number of halogens is 3. The van der Waals surface area contributed by atoms with E-state index in [9.17, 15) is 4.79 Å². The van der Waals surface area contributed by atoms with Crippen LogP contribution < -0.4 is 5.32 Å². The molecule has 2 rings (SSSR count). The molecular weight excluding hydrogens is 339 g/mol. The van der Waals surface area contributed by atoms with E-state index in [2.05, 4.69) is 26.2 Å². The molecule has 3 nitrogen and oxygen atoms in total. The van der Waals surface area contributed by atoms with Crippen molar-refractivity contribution in [2.24, 2.45) is 0 Å². The largest absolute Gasteiger partial charge is 0.319 e. The summed E-state index contributed by atoms with van der Waals surface area (Å²) in [6.07, 6.45) is 0. The number of aromatic nitrogens is 1. The van der Waals surface area contributed by atoms with Crippen LogP contribution in [0.25, 0.3) is 0 Å². The maximum Gasteiger partial charge on any atom is 0.274 e. The van der Waals surface area contributed by atoms with E-state index in [4.69, 9.17) is 23.2 Å². The van der Waals surface area contributed by atoms with Crippen molar-refractivity contribution in [1.82, 2.24) is 4.98 Å². The molecule has 0 saturated carbocycles. The molecular formula is C12H7BrCl2N2O. The Morgan fingerprint density at radius 3 is 2.67 bits per heavy atom. The van der Waals surface area contributed by atoms with Gasteiger partial charge in [-0.1, -0.05) is 29.3 Å². The van der Waals surface area contributed by atoms with E-state index in [0.717, 1.165) is 0 Å². The second-order valence-electron chi connectivity index (χ2n) is 3.42. The normalized spacial score (nSPS) is 10.2. The van der Waals surface area contributed by atoms with Crippen LogP contribution in [-0.4, -0.2) is 10.9 Å². The summed E-state index contributed by atoms with van der Waals surface area (Å²) < 4.78 is 0.595. The quantitative estimate of drug-likeness (QED) is 0.819. The van der Waals surface area contributed by atoms with Crippen LogP contribution >= 0.6 is 39.1 Å². The van der Waals surface area contributed by atoms with Crippen molar-refractivity contribution in [1.29, 1.82) is 0 Å². The smallest absolute Gasteiger partial charge is 0.274 e. The highest BCUT2D eigenvalue weighted by Gasteiger charge is 2.10. The van der Waals surface area contributed by atoms with Crippen LogP contribution in [0.1, 0.15) is 10.5 Å². The number of hydrogen-bond acceptors (Lipinski definition) is 2. The monoisotopic (exact) mass is 344 g/mol. The molecule has 0 fully saturated rings. The number of benzene rings is 1. The molecule has 0 spiro atoms. The summed E-state index contributed by atoms with van der Waals surface area (Å²) in [5.41, 5.74) is 0.795. The van der Waals surface area contributed by atoms with Crippen molar-refractivity contribution < 1.29 is 4.79 Å². The molecule has 92 valence electrons. The minimum atomic E-state index is -0.333. The van der Waals surface area contributed by atoms with E-state index in [0.29, 0.717) is 26.0 Å². The number of amides is 1. The number of rotatable bonds is 2. The van der Waals surface area contributed by atoms with E-state index in [1.807, 2.05) is 0 Å². The molecule has 0 aliphatic rings. The van der Waals surface area contributed by atoms with Gasteiger partial charge in [-0.15, -0.1) is 0 Å². The lowest BCUT2D eigenvalue weighted by Crippen LogP contribution is -2.13. The third kappa shape index (κ3) is 3.22. The minimum absolute atomic E-state index is 0.301. The highest BCUT2D eigenvalue weighted by Crippen LogP contribution is 2.25. The summed E-state index contributed by atoms with van der Waals surface area (Å²) in [6, 6.07) is 9.94. The standard InChI is InChI=1S/C12H7BrCl2N2O/c13-11-3-1-2-10(16-11)12(18)17-9-5-4-7(14)6-8(9)15/h1-6H,(H,17,18). The first kappa shape index (κ1) is 13.3. The zero-order valence-corrected chi connectivity index (χ0v) is 12.1. The van der Waals surface area contributed by atoms with E-state index in [-0.39, 0.29) is 5.91 Å². The van der Waals surface area contributed by atoms with Crippen molar-refractivity contribution >= 4 is 50.7 Å². The molecule has 0 unspecified atom stereocenters. The Labute approximate surface area is 122 Å². The molecule has 0 saturated heterocycles. The summed E-state index contributed by atoms with van der Waals surface area (Å²) in [7, 11) is 0. The van der Waals surface area contributed by atoms with Gasteiger partial charge in [0.15, 0.2) is 0 Å². The zero-order chi connectivity index (χ0) is 13.1. The van der Waals surface area contributed by atoms with Gasteiger partial charge in [0, 0.05) is 5.02 Å². The molecule has 0 radical (unpaired) electrons. The second kappa shape index (κ2) is 5.69. The molecule has 6 heteroatoms. The highest BCUT2D eigenvalue weighted by molar-refractivity contribution is 9.10. The second-order valence-corrected chi connectivity index (χ2v) is 5.08. The van der Waals surface area contributed by atoms with Gasteiger partial charge in [-0.05, 0) is 46.3 Å². The van der Waals surface area contributed by atoms with E-state index in [1.54, 1.807) is 36.4 Å². The van der Waals surface area contributed by atoms with Gasteiger partial charge >= 0.3 is 0 Å². The Kier molecular flexibility index (Phi) is 4.22. The number of nitrogens with one attached hydrogen (secondary N) is 1. The summed E-state index contributed by atoms with van der Waals surface area (Å²) in [5.74, 6) is -0.333. The molecule has 1 aromatic heterocycles. The number of pyridine rings is 1. The molecule has 0 bridgehead atoms. The number of hydrogen-bond donors (Lipinski definition) is 1. The minimum Gasteiger partial charge on any atom is -0.319 e. The van der Waals surface area contributed by atoms with Crippen LogP contribution in [0.4, 0.5) is 5.69 Å². The maximum absolute atomic E-state index is 11.9. The molecule has 1 amide bonds. The first-order chi connectivity index (χ1) is 8.56. The third-order valence-electron chi connectivity index (χ3n) is 2.13. The van der Waals surface area contributed by atoms with Crippen molar-refractivity contribution in [3.8, 4) is 0 Å². The molecule has 1 N–H and O–H groups in total. The summed E-state index contributed by atoms with van der Waals surface area (Å²) in [5, 5.41) is 3.56. The van der Waals surface area contributed by atoms with Gasteiger partial charge in [0.25, 0.3) is 5.91 Å². The lowest BCUT2D eigenvalue weighted by Gasteiger charge is -2.07. The summed E-state index contributed by atoms with van der Waals surface area (Å²) in [4.78, 5) is 16.0. The zero-order valence-electron chi connectivity index (χ0n) is 8.95. The molecule has 0 aliphatic heterocycles. The summed E-state index contributed by atoms with van der Waals surface area (Å²) >= 11 is 14.9. The topological polar surface area (TPSA) is 42.0 Å². The van der Waals surface area contributed by atoms with Crippen molar-refractivity contribution in [3.63, 3.8) is 0 Å². The van der Waals surface area contributed by atoms with E-state index >= 15 is 0 Å². The van der Waals surface area contributed by atoms with Crippen LogP contribution in [-0.2, 0) is 0 Å². The Morgan fingerprint density at radius 1 is 1.22 bits per heavy atom. The fourth-order valence-electron chi connectivity index (χ4n) is 1.31. The average molecular weight is 346 g/mol. The van der Waals surface area contributed by atoms with E-state index in [1.165, 1.54) is 0 Å². The van der Waals surface area contributed by atoms with E-state index < -0.39 is 0 Å². The van der Waals surface area contributed by atoms with Gasteiger partial charge in [-0.25, -0.2) is 4.98 Å². The van der Waals surface area contributed by atoms with Gasteiger partial charge in [-0.3, -0.25) is 4.79 Å². The first-order valence-corrected chi connectivity index (χ1v) is 6.50. The van der Waals surface area contributed by atoms with Gasteiger partial charge in [0.05, 0.1) is 10.7 Å². The Balaban J connectivity index is 2.21. The Hall–Kier alpha value is -1.10. The maximum atomic E-state index is 11.9. The molecule has 1 heterocycles. The molecule has 2 aromatic rings. The predicted molar refractivity (Wildman–Crippen MR) is 76.4 cm³/mol. The molecule has 18 heavy (non-hydrogen) atoms. The molecule has 1 aromatic carbocycles. The first-order valence-electron chi connectivity index (χ1n) is 4.95. The number of carbonyl (C=O) groups is 1. The van der Waals surface area contributed by atoms with Gasteiger partial charge in [-0.2, -0.15) is 0 Å². The van der Waals surface area contributed by atoms with Crippen molar-refractivity contribution in [3.05, 3.63) is 56.7 Å². The SMILES string of the molecule is O=C(Nc1ccc(Cl)cc1Cl)c1cccc(Br)n1. The summed E-state index contributed by atoms with van der Waals surface area (Å²) in [6.45, 7) is 0. The van der Waals surface area contributed by atoms with Gasteiger partial charge in [0.2, 0.25) is 0 Å².